The number of para-hydroxylation sites is 2. The topological polar surface area (TPSA) is 90.7 Å². The first kappa shape index (κ1) is 24.1. The average Bonchev–Trinajstić information content (AvgIpc) is 3.15. The summed E-state index contributed by atoms with van der Waals surface area (Å²) in [5, 5.41) is 17.1. The Balaban J connectivity index is 1.30. The Bertz CT molecular complexity index is 1280. The van der Waals surface area contributed by atoms with Gasteiger partial charge >= 0.3 is 0 Å². The predicted octanol–water partition coefficient (Wildman–Crippen LogP) is 3.80. The van der Waals surface area contributed by atoms with Gasteiger partial charge in [-0.25, -0.2) is 0 Å². The van der Waals surface area contributed by atoms with Crippen molar-refractivity contribution in [3.05, 3.63) is 70.9 Å². The third-order valence-corrected chi connectivity index (χ3v) is 7.46. The van der Waals surface area contributed by atoms with Crippen molar-refractivity contribution >= 4 is 29.0 Å². The number of rotatable bonds is 5. The van der Waals surface area contributed by atoms with Crippen molar-refractivity contribution in [2.75, 3.05) is 29.9 Å². The van der Waals surface area contributed by atoms with Gasteiger partial charge in [-0.15, -0.1) is 0 Å². The van der Waals surface area contributed by atoms with E-state index >= 15 is 0 Å². The number of amides is 2. The number of hydrogen-bond donors (Lipinski definition) is 2. The highest BCUT2D eigenvalue weighted by Crippen LogP contribution is 2.36. The molecule has 0 spiro atoms. The van der Waals surface area contributed by atoms with Gasteiger partial charge in [0.2, 0.25) is 5.91 Å². The molecule has 0 unspecified atom stereocenters. The summed E-state index contributed by atoms with van der Waals surface area (Å²) in [6.07, 6.45) is 4.63. The molecule has 2 aromatic carbocycles. The van der Waals surface area contributed by atoms with Crippen LogP contribution in [-0.2, 0) is 24.8 Å². The minimum Gasteiger partial charge on any atom is -0.396 e. The molecule has 1 aromatic heterocycles. The number of piperidine rings is 1. The second-order valence-corrected chi connectivity index (χ2v) is 9.82. The van der Waals surface area contributed by atoms with Crippen LogP contribution in [0.4, 0.5) is 17.2 Å². The van der Waals surface area contributed by atoms with Crippen LogP contribution in [0.1, 0.15) is 46.3 Å². The Morgan fingerprint density at radius 3 is 2.67 bits per heavy atom. The highest BCUT2D eigenvalue weighted by Gasteiger charge is 2.27. The van der Waals surface area contributed by atoms with Crippen LogP contribution < -0.4 is 10.2 Å². The lowest BCUT2D eigenvalue weighted by molar-refractivity contribution is -0.132. The molecule has 2 amide bonds. The van der Waals surface area contributed by atoms with Gasteiger partial charge in [0.1, 0.15) is 5.82 Å². The van der Waals surface area contributed by atoms with Crippen LogP contribution in [0, 0.1) is 12.8 Å². The van der Waals surface area contributed by atoms with Crippen LogP contribution in [0.2, 0.25) is 0 Å². The molecular weight excluding hydrogens is 454 g/mol. The molecule has 1 saturated heterocycles. The lowest BCUT2D eigenvalue weighted by atomic mass is 9.96. The van der Waals surface area contributed by atoms with Gasteiger partial charge in [0, 0.05) is 44.3 Å². The van der Waals surface area contributed by atoms with Crippen molar-refractivity contribution in [1.29, 1.82) is 0 Å². The minimum absolute atomic E-state index is 0.0709. The molecule has 2 aliphatic heterocycles. The molecule has 0 saturated carbocycles. The first-order valence-corrected chi connectivity index (χ1v) is 12.6. The van der Waals surface area contributed by atoms with E-state index in [1.54, 1.807) is 15.8 Å². The minimum atomic E-state index is -0.0709. The molecule has 0 bridgehead atoms. The number of fused-ring (bicyclic) bond motifs is 2. The number of carbonyl (C=O) groups is 2. The number of aryl methyl sites for hydroxylation is 3. The largest absolute Gasteiger partial charge is 0.396 e. The normalized spacial score (nSPS) is 15.6. The fourth-order valence-electron chi connectivity index (χ4n) is 5.17. The van der Waals surface area contributed by atoms with Gasteiger partial charge in [-0.3, -0.25) is 14.3 Å². The van der Waals surface area contributed by atoms with Crippen molar-refractivity contribution < 1.29 is 14.7 Å². The molecule has 2 aliphatic rings. The number of hydrogen-bond acceptors (Lipinski definition) is 5. The Labute approximate surface area is 211 Å². The summed E-state index contributed by atoms with van der Waals surface area (Å²) in [5.74, 6) is 1.29. The first-order chi connectivity index (χ1) is 17.4. The van der Waals surface area contributed by atoms with Crippen molar-refractivity contribution in [2.45, 2.75) is 39.2 Å². The molecule has 1 fully saturated rings. The molecule has 188 valence electrons. The lowest BCUT2D eigenvalue weighted by Crippen LogP contribution is -2.39. The monoisotopic (exact) mass is 487 g/mol. The highest BCUT2D eigenvalue weighted by molar-refractivity contribution is 6.08. The van der Waals surface area contributed by atoms with Gasteiger partial charge in [-0.1, -0.05) is 18.2 Å². The van der Waals surface area contributed by atoms with E-state index < -0.39 is 0 Å². The Hall–Kier alpha value is -3.65. The smallest absolute Gasteiger partial charge is 0.258 e. The molecule has 3 aromatic rings. The number of nitrogens with zero attached hydrogens (tertiary/aromatic N) is 4. The maximum absolute atomic E-state index is 13.7. The van der Waals surface area contributed by atoms with Gasteiger partial charge in [-0.05, 0) is 67.5 Å². The zero-order valence-electron chi connectivity index (χ0n) is 20.9. The summed E-state index contributed by atoms with van der Waals surface area (Å²) in [6.45, 7) is 4.08. The first-order valence-electron chi connectivity index (χ1n) is 12.6. The number of aliphatic hydroxyl groups excluding tert-OH is 1. The number of benzene rings is 2. The van der Waals surface area contributed by atoms with Crippen molar-refractivity contribution in [1.82, 2.24) is 14.7 Å². The molecule has 8 heteroatoms. The van der Waals surface area contributed by atoms with Gasteiger partial charge < -0.3 is 20.2 Å². The van der Waals surface area contributed by atoms with E-state index in [0.717, 1.165) is 59.8 Å². The summed E-state index contributed by atoms with van der Waals surface area (Å²) in [6, 6.07) is 13.6. The van der Waals surface area contributed by atoms with Gasteiger partial charge in [0.05, 0.1) is 24.1 Å². The van der Waals surface area contributed by atoms with Crippen LogP contribution in [0.5, 0.6) is 0 Å². The maximum Gasteiger partial charge on any atom is 0.258 e. The van der Waals surface area contributed by atoms with E-state index in [-0.39, 0.29) is 18.4 Å². The van der Waals surface area contributed by atoms with Crippen LogP contribution in [0.3, 0.4) is 0 Å². The van der Waals surface area contributed by atoms with Crippen molar-refractivity contribution in [2.24, 2.45) is 13.0 Å². The molecule has 36 heavy (non-hydrogen) atoms. The number of anilines is 3. The molecule has 0 radical (unpaired) electrons. The van der Waals surface area contributed by atoms with Gasteiger partial charge in [0.25, 0.3) is 5.91 Å². The lowest BCUT2D eigenvalue weighted by Gasteiger charge is -2.31. The zero-order chi connectivity index (χ0) is 25.2. The molecule has 0 aliphatic carbocycles. The zero-order valence-corrected chi connectivity index (χ0v) is 20.9. The Morgan fingerprint density at radius 1 is 1.14 bits per heavy atom. The van der Waals surface area contributed by atoms with Crippen LogP contribution in [0.25, 0.3) is 0 Å². The summed E-state index contributed by atoms with van der Waals surface area (Å²) in [5.41, 5.74) is 5.36. The molecule has 3 heterocycles. The van der Waals surface area contributed by atoms with E-state index in [1.165, 1.54) is 0 Å². The second kappa shape index (κ2) is 10.1. The number of aromatic nitrogens is 2. The average molecular weight is 488 g/mol. The Morgan fingerprint density at radius 2 is 1.92 bits per heavy atom. The van der Waals surface area contributed by atoms with E-state index in [4.69, 9.17) is 0 Å². The van der Waals surface area contributed by atoms with Crippen molar-refractivity contribution in [3.63, 3.8) is 0 Å². The number of carbonyl (C=O) groups excluding carboxylic acids is 2. The Kier molecular flexibility index (Phi) is 6.78. The third kappa shape index (κ3) is 4.73. The number of nitrogens with one attached hydrogen (secondary N) is 1. The molecule has 2 N–H and O–H groups in total. The summed E-state index contributed by atoms with van der Waals surface area (Å²) in [4.78, 5) is 30.1. The standard InChI is InChI=1S/C28H33N5O3/c1-19-15-22(8-7-21(19)9-10-26(35)32-13-11-20(18-34)12-14-32)28(36)33-17-23-16-29-31(2)27(23)30-24-5-3-4-6-25(24)33/h3-8,15-16,20,30,34H,9-14,17-18H2,1-2H3. The number of aliphatic hydroxyl groups is 1. The predicted molar refractivity (Wildman–Crippen MR) is 139 cm³/mol. The fourth-order valence-corrected chi connectivity index (χ4v) is 5.17. The third-order valence-electron chi connectivity index (χ3n) is 7.46. The molecule has 0 atom stereocenters. The van der Waals surface area contributed by atoms with Crippen LogP contribution in [0.15, 0.2) is 48.7 Å². The highest BCUT2D eigenvalue weighted by atomic mass is 16.3. The molecular formula is C28H33N5O3. The summed E-state index contributed by atoms with van der Waals surface area (Å²) < 4.78 is 1.79. The van der Waals surface area contributed by atoms with E-state index in [9.17, 15) is 14.7 Å². The SMILES string of the molecule is Cc1cc(C(=O)N2Cc3cnn(C)c3Nc3ccccc32)ccc1CCC(=O)N1CCC(CO)CC1. The molecule has 8 nitrogen and oxygen atoms in total. The summed E-state index contributed by atoms with van der Waals surface area (Å²) >= 11 is 0. The van der Waals surface area contributed by atoms with Gasteiger partial charge in [-0.2, -0.15) is 5.10 Å². The van der Waals surface area contributed by atoms with E-state index in [1.807, 2.05) is 61.3 Å². The fraction of sp³-hybridized carbons (Fsp3) is 0.393. The maximum atomic E-state index is 13.7. The van der Waals surface area contributed by atoms with Crippen LogP contribution >= 0.6 is 0 Å². The second-order valence-electron chi connectivity index (χ2n) is 9.82. The summed E-state index contributed by atoms with van der Waals surface area (Å²) in [7, 11) is 1.88. The van der Waals surface area contributed by atoms with Crippen molar-refractivity contribution in [3.8, 4) is 0 Å². The number of likely N-dealkylation sites (tertiary alicyclic amines) is 1. The molecule has 5 rings (SSSR count). The van der Waals surface area contributed by atoms with E-state index in [2.05, 4.69) is 10.4 Å². The quantitative estimate of drug-likeness (QED) is 0.571. The van der Waals surface area contributed by atoms with Gasteiger partial charge in [0.15, 0.2) is 0 Å². The van der Waals surface area contributed by atoms with Crippen LogP contribution in [-0.4, -0.2) is 51.3 Å². The van der Waals surface area contributed by atoms with E-state index in [0.29, 0.717) is 30.9 Å².